The molecule has 34 heavy (non-hydrogen) atoms. The molecular weight excluding hydrogens is 428 g/mol. The van der Waals surface area contributed by atoms with Crippen LogP contribution in [-0.4, -0.2) is 35.0 Å². The molecule has 0 bridgehead atoms. The zero-order valence-electron chi connectivity index (χ0n) is 20.1. The van der Waals surface area contributed by atoms with Crippen LogP contribution in [0, 0.1) is 17.8 Å². The van der Waals surface area contributed by atoms with Crippen molar-refractivity contribution in [3.63, 3.8) is 0 Å². The average Bonchev–Trinajstić information content (AvgIpc) is 2.84. The standard InChI is InChI=1S/C28H36N2O4/c1-19(2)22-13-15-23(16-14-22)26(31)29-24(17-20-9-5-3-6-10-20)27(32)30-25(28(33)34)18-21-11-7-4-8-12-21/h3-12,19,22-25H,13-18H2,1-2H3,(H,29,31)(H,30,32)(H,33,34)/t22-,23-,24?,25?. The van der Waals surface area contributed by atoms with E-state index in [0.717, 1.165) is 36.8 Å². The Hall–Kier alpha value is -3.15. The minimum atomic E-state index is -1.10. The molecule has 0 aromatic heterocycles. The normalized spacial score (nSPS) is 19.7. The Morgan fingerprint density at radius 1 is 0.794 bits per heavy atom. The van der Waals surface area contributed by atoms with E-state index in [4.69, 9.17) is 0 Å². The maximum atomic E-state index is 13.2. The zero-order valence-corrected chi connectivity index (χ0v) is 20.1. The summed E-state index contributed by atoms with van der Waals surface area (Å²) >= 11 is 0. The summed E-state index contributed by atoms with van der Waals surface area (Å²) in [7, 11) is 0. The monoisotopic (exact) mass is 464 g/mol. The molecule has 0 aliphatic heterocycles. The van der Waals surface area contributed by atoms with Crippen LogP contribution in [0.4, 0.5) is 0 Å². The van der Waals surface area contributed by atoms with Crippen molar-refractivity contribution in [3.05, 3.63) is 71.8 Å². The third-order valence-corrected chi connectivity index (χ3v) is 6.90. The lowest BCUT2D eigenvalue weighted by molar-refractivity contribution is -0.142. The molecule has 182 valence electrons. The average molecular weight is 465 g/mol. The number of carboxylic acid groups (broad SMARTS) is 1. The third-order valence-electron chi connectivity index (χ3n) is 6.90. The molecule has 1 aliphatic carbocycles. The lowest BCUT2D eigenvalue weighted by Crippen LogP contribution is -2.54. The molecule has 1 aliphatic rings. The number of carbonyl (C=O) groups is 3. The van der Waals surface area contributed by atoms with Gasteiger partial charge in [0.2, 0.25) is 11.8 Å². The number of hydrogen-bond donors (Lipinski definition) is 3. The number of benzene rings is 2. The summed E-state index contributed by atoms with van der Waals surface area (Å²) in [5.41, 5.74) is 1.72. The number of nitrogens with one attached hydrogen (secondary N) is 2. The second kappa shape index (κ2) is 12.4. The summed E-state index contributed by atoms with van der Waals surface area (Å²) in [6, 6.07) is 16.7. The van der Waals surface area contributed by atoms with Gasteiger partial charge in [0.25, 0.3) is 0 Å². The van der Waals surface area contributed by atoms with Crippen molar-refractivity contribution in [2.45, 2.75) is 64.5 Å². The van der Waals surface area contributed by atoms with E-state index < -0.39 is 24.0 Å². The first-order valence-corrected chi connectivity index (χ1v) is 12.2. The summed E-state index contributed by atoms with van der Waals surface area (Å²) in [4.78, 5) is 38.2. The number of carboxylic acids is 1. The summed E-state index contributed by atoms with van der Waals surface area (Å²) in [5.74, 6) is -0.556. The van der Waals surface area contributed by atoms with E-state index in [2.05, 4.69) is 24.5 Å². The highest BCUT2D eigenvalue weighted by Gasteiger charge is 2.32. The van der Waals surface area contributed by atoms with Crippen molar-refractivity contribution in [1.29, 1.82) is 0 Å². The fourth-order valence-corrected chi connectivity index (χ4v) is 4.72. The molecule has 3 rings (SSSR count). The van der Waals surface area contributed by atoms with Crippen molar-refractivity contribution < 1.29 is 19.5 Å². The fourth-order valence-electron chi connectivity index (χ4n) is 4.72. The van der Waals surface area contributed by atoms with Gasteiger partial charge in [0.15, 0.2) is 0 Å². The van der Waals surface area contributed by atoms with E-state index >= 15 is 0 Å². The lowest BCUT2D eigenvalue weighted by atomic mass is 9.76. The van der Waals surface area contributed by atoms with Crippen LogP contribution in [0.25, 0.3) is 0 Å². The second-order valence-corrected chi connectivity index (χ2v) is 9.70. The molecule has 0 saturated heterocycles. The van der Waals surface area contributed by atoms with Crippen LogP contribution in [0.2, 0.25) is 0 Å². The Morgan fingerprint density at radius 2 is 1.29 bits per heavy atom. The molecule has 2 amide bonds. The molecule has 2 unspecified atom stereocenters. The number of hydrogen-bond acceptors (Lipinski definition) is 3. The van der Waals surface area contributed by atoms with Gasteiger partial charge in [-0.2, -0.15) is 0 Å². The van der Waals surface area contributed by atoms with Crippen molar-refractivity contribution in [2.24, 2.45) is 17.8 Å². The van der Waals surface area contributed by atoms with E-state index in [-0.39, 0.29) is 18.2 Å². The summed E-state index contributed by atoms with van der Waals surface area (Å²) < 4.78 is 0. The Morgan fingerprint density at radius 3 is 1.76 bits per heavy atom. The lowest BCUT2D eigenvalue weighted by Gasteiger charge is -2.31. The first-order chi connectivity index (χ1) is 16.3. The van der Waals surface area contributed by atoms with Gasteiger partial charge in [-0.1, -0.05) is 74.5 Å². The maximum absolute atomic E-state index is 13.2. The SMILES string of the molecule is CC(C)[C@H]1CC[C@H](C(=O)NC(Cc2ccccc2)C(=O)NC(Cc2ccccc2)C(=O)O)CC1. The van der Waals surface area contributed by atoms with Crippen molar-refractivity contribution in [2.75, 3.05) is 0 Å². The van der Waals surface area contributed by atoms with E-state index in [1.54, 1.807) is 0 Å². The summed E-state index contributed by atoms with van der Waals surface area (Å²) in [6.45, 7) is 4.44. The number of aliphatic carboxylic acids is 1. The largest absolute Gasteiger partial charge is 0.480 e. The Balaban J connectivity index is 1.69. The molecule has 2 aromatic carbocycles. The van der Waals surface area contributed by atoms with Crippen molar-refractivity contribution in [1.82, 2.24) is 10.6 Å². The molecule has 0 heterocycles. The third kappa shape index (κ3) is 7.44. The van der Waals surface area contributed by atoms with E-state index in [1.165, 1.54) is 0 Å². The van der Waals surface area contributed by atoms with Crippen LogP contribution in [-0.2, 0) is 27.2 Å². The molecular formula is C28H36N2O4. The van der Waals surface area contributed by atoms with Crippen molar-refractivity contribution in [3.8, 4) is 0 Å². The van der Waals surface area contributed by atoms with Crippen LogP contribution in [0.3, 0.4) is 0 Å². The van der Waals surface area contributed by atoms with Crippen molar-refractivity contribution >= 4 is 17.8 Å². The predicted octanol–water partition coefficient (Wildman–Crippen LogP) is 3.99. The molecule has 1 fully saturated rings. The van der Waals surface area contributed by atoms with Gasteiger partial charge in [-0.25, -0.2) is 4.79 Å². The Labute approximate surface area is 202 Å². The first kappa shape index (κ1) is 25.5. The smallest absolute Gasteiger partial charge is 0.326 e. The Kier molecular flexibility index (Phi) is 9.25. The highest BCUT2D eigenvalue weighted by molar-refractivity contribution is 5.91. The number of amides is 2. The summed E-state index contributed by atoms with van der Waals surface area (Å²) in [6.07, 6.45) is 4.15. The van der Waals surface area contributed by atoms with E-state index in [0.29, 0.717) is 18.3 Å². The van der Waals surface area contributed by atoms with Crippen LogP contribution in [0.15, 0.2) is 60.7 Å². The first-order valence-electron chi connectivity index (χ1n) is 12.2. The topological polar surface area (TPSA) is 95.5 Å². The van der Waals surface area contributed by atoms with Gasteiger partial charge in [0.1, 0.15) is 12.1 Å². The van der Waals surface area contributed by atoms with Gasteiger partial charge >= 0.3 is 5.97 Å². The summed E-state index contributed by atoms with van der Waals surface area (Å²) in [5, 5.41) is 15.3. The zero-order chi connectivity index (χ0) is 24.5. The molecule has 0 spiro atoms. The fraction of sp³-hybridized carbons (Fsp3) is 0.464. The quantitative estimate of drug-likeness (QED) is 0.495. The van der Waals surface area contributed by atoms with Gasteiger partial charge in [0.05, 0.1) is 0 Å². The van der Waals surface area contributed by atoms with Gasteiger partial charge in [0, 0.05) is 18.8 Å². The highest BCUT2D eigenvalue weighted by atomic mass is 16.4. The minimum Gasteiger partial charge on any atom is -0.480 e. The molecule has 2 aromatic rings. The number of carbonyl (C=O) groups excluding carboxylic acids is 2. The Bertz CT molecular complexity index is 937. The molecule has 6 nitrogen and oxygen atoms in total. The highest BCUT2D eigenvalue weighted by Crippen LogP contribution is 2.33. The van der Waals surface area contributed by atoms with Gasteiger partial charge in [-0.15, -0.1) is 0 Å². The van der Waals surface area contributed by atoms with E-state index in [9.17, 15) is 19.5 Å². The van der Waals surface area contributed by atoms with Crippen LogP contribution in [0.5, 0.6) is 0 Å². The van der Waals surface area contributed by atoms with Crippen LogP contribution in [0.1, 0.15) is 50.7 Å². The molecule has 2 atom stereocenters. The van der Waals surface area contributed by atoms with Crippen LogP contribution >= 0.6 is 0 Å². The van der Waals surface area contributed by atoms with Gasteiger partial charge in [-0.05, 0) is 48.6 Å². The maximum Gasteiger partial charge on any atom is 0.326 e. The minimum absolute atomic E-state index is 0.110. The molecule has 3 N–H and O–H groups in total. The molecule has 0 radical (unpaired) electrons. The number of rotatable bonds is 10. The second-order valence-electron chi connectivity index (χ2n) is 9.70. The van der Waals surface area contributed by atoms with Gasteiger partial charge in [-0.3, -0.25) is 9.59 Å². The molecule has 1 saturated carbocycles. The predicted molar refractivity (Wildman–Crippen MR) is 132 cm³/mol. The van der Waals surface area contributed by atoms with E-state index in [1.807, 2.05) is 60.7 Å². The molecule has 6 heteroatoms. The van der Waals surface area contributed by atoms with Crippen LogP contribution < -0.4 is 10.6 Å². The van der Waals surface area contributed by atoms with Gasteiger partial charge < -0.3 is 15.7 Å².